The van der Waals surface area contributed by atoms with Gasteiger partial charge in [-0.2, -0.15) is 0 Å². The summed E-state index contributed by atoms with van der Waals surface area (Å²) in [7, 11) is 0. The highest BCUT2D eigenvalue weighted by Crippen LogP contribution is 2.20. The van der Waals surface area contributed by atoms with E-state index < -0.39 is 11.6 Å². The van der Waals surface area contributed by atoms with Crippen molar-refractivity contribution < 1.29 is 13.6 Å². The molecule has 0 amide bonds. The highest BCUT2D eigenvalue weighted by atomic mass is 79.9. The van der Waals surface area contributed by atoms with Gasteiger partial charge in [-0.25, -0.2) is 8.78 Å². The minimum atomic E-state index is -0.675. The van der Waals surface area contributed by atoms with Crippen LogP contribution in [-0.4, -0.2) is 5.78 Å². The van der Waals surface area contributed by atoms with E-state index in [1.54, 1.807) is 12.1 Å². The van der Waals surface area contributed by atoms with Crippen molar-refractivity contribution in [1.29, 1.82) is 0 Å². The van der Waals surface area contributed by atoms with E-state index in [0.29, 0.717) is 15.6 Å². The van der Waals surface area contributed by atoms with Crippen LogP contribution in [0, 0.1) is 18.6 Å². The third-order valence-electron chi connectivity index (χ3n) is 2.71. The Morgan fingerprint density at radius 3 is 2.37 bits per heavy atom. The molecular formula is C15H11BrF2O. The molecule has 0 unspecified atom stereocenters. The Morgan fingerprint density at radius 2 is 1.74 bits per heavy atom. The molecule has 0 heterocycles. The Kier molecular flexibility index (Phi) is 4.10. The number of carbonyl (C=O) groups excluding carboxylic acids is 1. The summed E-state index contributed by atoms with van der Waals surface area (Å²) in [5.74, 6) is -1.53. The molecule has 0 aromatic heterocycles. The monoisotopic (exact) mass is 324 g/mol. The number of benzene rings is 2. The van der Waals surface area contributed by atoms with E-state index in [4.69, 9.17) is 0 Å². The van der Waals surface area contributed by atoms with E-state index in [1.165, 1.54) is 12.1 Å². The maximum Gasteiger partial charge on any atom is 0.168 e. The van der Waals surface area contributed by atoms with Gasteiger partial charge in [0.25, 0.3) is 0 Å². The van der Waals surface area contributed by atoms with Crippen LogP contribution in [-0.2, 0) is 6.42 Å². The lowest BCUT2D eigenvalue weighted by Crippen LogP contribution is -2.05. The van der Waals surface area contributed by atoms with Crippen molar-refractivity contribution in [2.45, 2.75) is 13.3 Å². The lowest BCUT2D eigenvalue weighted by molar-refractivity contribution is 0.0992. The third kappa shape index (κ3) is 3.47. The highest BCUT2D eigenvalue weighted by molar-refractivity contribution is 9.10. The fourth-order valence-corrected chi connectivity index (χ4v) is 2.31. The maximum atomic E-state index is 13.1. The molecule has 0 spiro atoms. The molecule has 2 aromatic carbocycles. The molecule has 19 heavy (non-hydrogen) atoms. The van der Waals surface area contributed by atoms with Gasteiger partial charge in [0.05, 0.1) is 0 Å². The van der Waals surface area contributed by atoms with Crippen molar-refractivity contribution in [3.05, 3.63) is 69.2 Å². The molecule has 4 heteroatoms. The van der Waals surface area contributed by atoms with Crippen LogP contribution in [0.3, 0.4) is 0 Å². The van der Waals surface area contributed by atoms with Crippen molar-refractivity contribution in [3.63, 3.8) is 0 Å². The maximum absolute atomic E-state index is 13.1. The zero-order valence-electron chi connectivity index (χ0n) is 10.2. The zero-order valence-corrected chi connectivity index (χ0v) is 11.8. The standard InChI is InChI=1S/C15H11BrF2O/c1-9-2-3-14(16)13(4-9)15(19)7-10-5-11(17)8-12(18)6-10/h2-6,8H,7H2,1H3. The predicted octanol–water partition coefficient (Wildman–Crippen LogP) is 4.46. The second-order valence-corrected chi connectivity index (χ2v) is 5.22. The van der Waals surface area contributed by atoms with Crippen LogP contribution < -0.4 is 0 Å². The number of ketones is 1. The number of Topliss-reactive ketones (excluding diaryl/α,β-unsaturated/α-hetero) is 1. The lowest BCUT2D eigenvalue weighted by atomic mass is 10.0. The molecule has 0 aliphatic rings. The van der Waals surface area contributed by atoms with E-state index in [2.05, 4.69) is 15.9 Å². The fourth-order valence-electron chi connectivity index (χ4n) is 1.85. The summed E-state index contributed by atoms with van der Waals surface area (Å²) < 4.78 is 26.8. The minimum absolute atomic E-state index is 0.0310. The van der Waals surface area contributed by atoms with Gasteiger partial charge in [-0.05, 0) is 36.8 Å². The van der Waals surface area contributed by atoms with Gasteiger partial charge in [0.2, 0.25) is 0 Å². The van der Waals surface area contributed by atoms with Gasteiger partial charge >= 0.3 is 0 Å². The molecule has 0 aliphatic heterocycles. The first-order valence-corrected chi connectivity index (χ1v) is 6.49. The summed E-state index contributed by atoms with van der Waals surface area (Å²) in [6, 6.07) is 8.55. The normalized spacial score (nSPS) is 10.5. The molecule has 0 fully saturated rings. The van der Waals surface area contributed by atoms with Crippen LogP contribution in [0.2, 0.25) is 0 Å². The smallest absolute Gasteiger partial charge is 0.168 e. The number of halogens is 3. The Balaban J connectivity index is 2.28. The van der Waals surface area contributed by atoms with E-state index in [9.17, 15) is 13.6 Å². The summed E-state index contributed by atoms with van der Waals surface area (Å²) in [4.78, 5) is 12.1. The zero-order chi connectivity index (χ0) is 14.0. The first kappa shape index (κ1) is 13.9. The van der Waals surface area contributed by atoms with Crippen molar-refractivity contribution in [2.24, 2.45) is 0 Å². The Bertz CT molecular complexity index is 618. The Hall–Kier alpha value is -1.55. The molecule has 2 aromatic rings. The summed E-state index contributed by atoms with van der Waals surface area (Å²) in [6.45, 7) is 1.88. The first-order valence-electron chi connectivity index (χ1n) is 5.70. The van der Waals surface area contributed by atoms with Gasteiger partial charge in [-0.3, -0.25) is 4.79 Å². The van der Waals surface area contributed by atoms with Crippen LogP contribution >= 0.6 is 15.9 Å². The van der Waals surface area contributed by atoms with Crippen molar-refractivity contribution in [2.75, 3.05) is 0 Å². The van der Waals surface area contributed by atoms with Crippen molar-refractivity contribution >= 4 is 21.7 Å². The third-order valence-corrected chi connectivity index (χ3v) is 3.40. The number of aryl methyl sites for hydroxylation is 1. The van der Waals surface area contributed by atoms with Crippen molar-refractivity contribution in [3.8, 4) is 0 Å². The molecule has 0 radical (unpaired) electrons. The lowest BCUT2D eigenvalue weighted by Gasteiger charge is -2.06. The van der Waals surface area contributed by atoms with Gasteiger partial charge in [0.1, 0.15) is 11.6 Å². The van der Waals surface area contributed by atoms with Crippen LogP contribution in [0.1, 0.15) is 21.5 Å². The molecule has 0 atom stereocenters. The topological polar surface area (TPSA) is 17.1 Å². The summed E-state index contributed by atoms with van der Waals surface area (Å²) in [5.41, 5.74) is 1.80. The largest absolute Gasteiger partial charge is 0.294 e. The molecule has 0 N–H and O–H groups in total. The van der Waals surface area contributed by atoms with E-state index in [0.717, 1.165) is 11.6 Å². The molecular weight excluding hydrogens is 314 g/mol. The average Bonchev–Trinajstić information content (AvgIpc) is 2.30. The number of carbonyl (C=O) groups is 1. The van der Waals surface area contributed by atoms with Crippen LogP contribution in [0.5, 0.6) is 0 Å². The molecule has 0 aliphatic carbocycles. The van der Waals surface area contributed by atoms with Gasteiger partial charge < -0.3 is 0 Å². The number of hydrogen-bond donors (Lipinski definition) is 0. The fraction of sp³-hybridized carbons (Fsp3) is 0.133. The molecule has 98 valence electrons. The minimum Gasteiger partial charge on any atom is -0.294 e. The number of hydrogen-bond acceptors (Lipinski definition) is 1. The van der Waals surface area contributed by atoms with E-state index in [1.807, 2.05) is 13.0 Å². The van der Waals surface area contributed by atoms with E-state index >= 15 is 0 Å². The first-order chi connectivity index (χ1) is 8.95. The summed E-state index contributed by atoms with van der Waals surface area (Å²) in [5, 5.41) is 0. The second-order valence-electron chi connectivity index (χ2n) is 4.36. The molecule has 0 bridgehead atoms. The predicted molar refractivity (Wildman–Crippen MR) is 73.3 cm³/mol. The quantitative estimate of drug-likeness (QED) is 0.762. The second kappa shape index (κ2) is 5.61. The SMILES string of the molecule is Cc1ccc(Br)c(C(=O)Cc2cc(F)cc(F)c2)c1. The summed E-state index contributed by atoms with van der Waals surface area (Å²) in [6.07, 6.45) is -0.0310. The average molecular weight is 325 g/mol. The van der Waals surface area contributed by atoms with Gasteiger partial charge in [-0.1, -0.05) is 27.6 Å². The van der Waals surface area contributed by atoms with Crippen molar-refractivity contribution in [1.82, 2.24) is 0 Å². The molecule has 1 nitrogen and oxygen atoms in total. The molecule has 0 saturated heterocycles. The van der Waals surface area contributed by atoms with Crippen LogP contribution in [0.4, 0.5) is 8.78 Å². The Morgan fingerprint density at radius 1 is 1.11 bits per heavy atom. The summed E-state index contributed by atoms with van der Waals surface area (Å²) >= 11 is 3.30. The van der Waals surface area contributed by atoms with Crippen LogP contribution in [0.15, 0.2) is 40.9 Å². The highest BCUT2D eigenvalue weighted by Gasteiger charge is 2.12. The molecule has 0 saturated carbocycles. The van der Waals surface area contributed by atoms with Gasteiger partial charge in [0, 0.05) is 22.5 Å². The Labute approximate surface area is 118 Å². The van der Waals surface area contributed by atoms with Crippen LogP contribution in [0.25, 0.3) is 0 Å². The number of rotatable bonds is 3. The van der Waals surface area contributed by atoms with Gasteiger partial charge in [0.15, 0.2) is 5.78 Å². The van der Waals surface area contributed by atoms with E-state index in [-0.39, 0.29) is 12.2 Å². The molecule has 2 rings (SSSR count). The van der Waals surface area contributed by atoms with Gasteiger partial charge in [-0.15, -0.1) is 0 Å².